The van der Waals surface area contributed by atoms with Gasteiger partial charge in [-0.3, -0.25) is 0 Å². The van der Waals surface area contributed by atoms with Gasteiger partial charge in [-0.25, -0.2) is 0 Å². The number of nitriles is 1. The van der Waals surface area contributed by atoms with Crippen LogP contribution < -0.4 is 0 Å². The number of benzene rings is 1. The molecule has 0 saturated carbocycles. The summed E-state index contributed by atoms with van der Waals surface area (Å²) in [5.74, 6) is 0. The lowest BCUT2D eigenvalue weighted by Crippen LogP contribution is -1.86. The van der Waals surface area contributed by atoms with Crippen molar-refractivity contribution in [1.82, 2.24) is 0 Å². The van der Waals surface area contributed by atoms with Gasteiger partial charge >= 0.3 is 0 Å². The molecule has 0 aromatic heterocycles. The molecule has 0 aliphatic rings. The fourth-order valence-electron chi connectivity index (χ4n) is 0.784. The van der Waals surface area contributed by atoms with E-state index in [1.165, 1.54) is 0 Å². The van der Waals surface area contributed by atoms with Crippen LogP contribution in [0.4, 0.5) is 0 Å². The Bertz CT molecular complexity index is 328. The monoisotopic (exact) mass is 321 g/mol. The van der Waals surface area contributed by atoms with Crippen LogP contribution in [0, 0.1) is 21.8 Å². The molecule has 0 fully saturated rings. The maximum Gasteiger partial charge on any atom is 0.101 e. The molecule has 1 rings (SSSR count). The first-order valence-corrected chi connectivity index (χ1v) is 4.88. The van der Waals surface area contributed by atoms with Crippen LogP contribution >= 0.6 is 38.5 Å². The lowest BCUT2D eigenvalue weighted by Gasteiger charge is -2.00. The van der Waals surface area contributed by atoms with Crippen molar-refractivity contribution in [3.63, 3.8) is 0 Å². The Balaban J connectivity index is 3.44. The maximum atomic E-state index is 8.74. The summed E-state index contributed by atoms with van der Waals surface area (Å²) < 4.78 is 1.98. The number of hydrogen-bond acceptors (Lipinski definition) is 1. The quantitative estimate of drug-likeness (QED) is 0.673. The van der Waals surface area contributed by atoms with E-state index in [1.54, 1.807) is 0 Å². The number of aryl methyl sites for hydroxylation is 1. The van der Waals surface area contributed by atoms with Gasteiger partial charge in [-0.2, -0.15) is 5.26 Å². The zero-order valence-electron chi connectivity index (χ0n) is 5.86. The fraction of sp³-hybridized carbons (Fsp3) is 0.125. The number of nitrogens with zero attached hydrogens (tertiary/aromatic N) is 1. The minimum Gasteiger partial charge on any atom is -0.192 e. The van der Waals surface area contributed by atoms with E-state index in [0.717, 1.165) is 19.2 Å². The Labute approximate surface area is 87.7 Å². The van der Waals surface area contributed by atoms with Gasteiger partial charge in [0.15, 0.2) is 0 Å². The molecule has 0 aliphatic carbocycles. The molecule has 1 aromatic carbocycles. The minimum atomic E-state index is 0.733. The third-order valence-electron chi connectivity index (χ3n) is 1.41. The molecule has 0 bridgehead atoms. The largest absolute Gasteiger partial charge is 0.192 e. The topological polar surface area (TPSA) is 23.8 Å². The highest BCUT2D eigenvalue weighted by Gasteiger charge is 2.05. The number of halogens is 2. The van der Waals surface area contributed by atoms with Gasteiger partial charge in [-0.1, -0.05) is 6.07 Å². The number of rotatable bonds is 0. The van der Waals surface area contributed by atoms with Gasteiger partial charge in [0.2, 0.25) is 0 Å². The van der Waals surface area contributed by atoms with Gasteiger partial charge in [0.1, 0.15) is 6.07 Å². The summed E-state index contributed by atoms with van der Waals surface area (Å²) in [6, 6.07) is 6.09. The van der Waals surface area contributed by atoms with Gasteiger partial charge in [0.25, 0.3) is 0 Å². The van der Waals surface area contributed by atoms with Crippen molar-refractivity contribution in [1.29, 1.82) is 5.26 Å². The summed E-state index contributed by atoms with van der Waals surface area (Å²) in [7, 11) is 0. The average molecular weight is 322 g/mol. The molecule has 0 N–H and O–H groups in total. The summed E-state index contributed by atoms with van der Waals surface area (Å²) in [6.07, 6.45) is 0. The van der Waals surface area contributed by atoms with Gasteiger partial charge in [-0.15, -0.1) is 0 Å². The van der Waals surface area contributed by atoms with Crippen LogP contribution in [-0.4, -0.2) is 0 Å². The molecule has 1 nitrogen and oxygen atoms in total. The van der Waals surface area contributed by atoms with E-state index in [-0.39, 0.29) is 0 Å². The molecular formula is C8H5BrIN. The molecule has 0 saturated heterocycles. The first-order chi connectivity index (χ1) is 5.16. The lowest BCUT2D eigenvalue weighted by molar-refractivity contribution is 1.36. The van der Waals surface area contributed by atoms with Crippen LogP contribution in [0.1, 0.15) is 11.1 Å². The fourth-order valence-corrected chi connectivity index (χ4v) is 1.77. The third kappa shape index (κ3) is 1.74. The lowest BCUT2D eigenvalue weighted by atomic mass is 10.1. The molecular weight excluding hydrogens is 317 g/mol. The van der Waals surface area contributed by atoms with Gasteiger partial charge in [0.05, 0.1) is 5.56 Å². The highest BCUT2D eigenvalue weighted by molar-refractivity contribution is 14.1. The highest BCUT2D eigenvalue weighted by Crippen LogP contribution is 2.25. The molecule has 3 heteroatoms. The first-order valence-electron chi connectivity index (χ1n) is 3.01. The van der Waals surface area contributed by atoms with E-state index >= 15 is 0 Å². The van der Waals surface area contributed by atoms with Crippen LogP contribution in [0.2, 0.25) is 0 Å². The van der Waals surface area contributed by atoms with E-state index < -0.39 is 0 Å². The van der Waals surface area contributed by atoms with Crippen molar-refractivity contribution in [2.45, 2.75) is 6.92 Å². The predicted molar refractivity (Wildman–Crippen MR) is 56.3 cm³/mol. The maximum absolute atomic E-state index is 8.74. The van der Waals surface area contributed by atoms with E-state index in [0.29, 0.717) is 0 Å². The van der Waals surface area contributed by atoms with E-state index in [9.17, 15) is 0 Å². The van der Waals surface area contributed by atoms with Crippen LogP contribution in [0.5, 0.6) is 0 Å². The van der Waals surface area contributed by atoms with Gasteiger partial charge < -0.3 is 0 Å². The van der Waals surface area contributed by atoms with E-state index in [1.807, 2.05) is 19.1 Å². The van der Waals surface area contributed by atoms with E-state index in [4.69, 9.17) is 5.26 Å². The Morgan fingerprint density at radius 1 is 1.55 bits per heavy atom. The Morgan fingerprint density at radius 2 is 2.18 bits per heavy atom. The molecule has 0 aliphatic heterocycles. The third-order valence-corrected chi connectivity index (χ3v) is 3.88. The highest BCUT2D eigenvalue weighted by atomic mass is 127. The zero-order valence-corrected chi connectivity index (χ0v) is 9.60. The van der Waals surface area contributed by atoms with Gasteiger partial charge in [-0.05, 0) is 57.1 Å². The molecule has 0 spiro atoms. The Morgan fingerprint density at radius 3 is 2.64 bits per heavy atom. The van der Waals surface area contributed by atoms with Crippen LogP contribution in [0.25, 0.3) is 0 Å². The van der Waals surface area contributed by atoms with Crippen molar-refractivity contribution in [3.05, 3.63) is 31.3 Å². The van der Waals surface area contributed by atoms with Crippen molar-refractivity contribution in [2.75, 3.05) is 0 Å². The summed E-state index contributed by atoms with van der Waals surface area (Å²) in [4.78, 5) is 0. The summed E-state index contributed by atoms with van der Waals surface area (Å²) >= 11 is 5.55. The molecule has 11 heavy (non-hydrogen) atoms. The Hall–Kier alpha value is -0.0800. The van der Waals surface area contributed by atoms with Crippen LogP contribution in [0.15, 0.2) is 16.6 Å². The van der Waals surface area contributed by atoms with Crippen molar-refractivity contribution >= 4 is 38.5 Å². The summed E-state index contributed by atoms with van der Waals surface area (Å²) in [5, 5.41) is 8.74. The van der Waals surface area contributed by atoms with Crippen molar-refractivity contribution in [3.8, 4) is 6.07 Å². The summed E-state index contributed by atoms with van der Waals surface area (Å²) in [6.45, 7) is 1.93. The zero-order chi connectivity index (χ0) is 8.43. The normalized spacial score (nSPS) is 9.27. The average Bonchev–Trinajstić information content (AvgIpc) is 1.99. The molecule has 1 aromatic rings. The molecule has 56 valence electrons. The standard InChI is InChI=1S/C8H5BrIN/c1-5-2-3-7(10)8(9)6(5)4-11/h2-3H,1H3. The molecule has 0 radical (unpaired) electrons. The molecule has 0 unspecified atom stereocenters. The molecule has 0 heterocycles. The summed E-state index contributed by atoms with van der Waals surface area (Å²) in [5.41, 5.74) is 1.75. The smallest absolute Gasteiger partial charge is 0.101 e. The molecule has 0 amide bonds. The predicted octanol–water partition coefficient (Wildman–Crippen LogP) is 3.23. The van der Waals surface area contributed by atoms with Crippen molar-refractivity contribution < 1.29 is 0 Å². The van der Waals surface area contributed by atoms with Crippen LogP contribution in [-0.2, 0) is 0 Å². The van der Waals surface area contributed by atoms with Gasteiger partial charge in [0, 0.05) is 8.04 Å². The van der Waals surface area contributed by atoms with Crippen molar-refractivity contribution in [2.24, 2.45) is 0 Å². The van der Waals surface area contributed by atoms with E-state index in [2.05, 4.69) is 44.6 Å². The SMILES string of the molecule is Cc1ccc(I)c(Br)c1C#N. The minimum absolute atomic E-state index is 0.733. The second kappa shape index (κ2) is 3.55. The second-order valence-corrected chi connectivity index (χ2v) is 4.12. The Kier molecular flexibility index (Phi) is 2.90. The van der Waals surface area contributed by atoms with Crippen LogP contribution in [0.3, 0.4) is 0 Å². The number of hydrogen-bond donors (Lipinski definition) is 0. The first kappa shape index (κ1) is 9.01. The molecule has 0 atom stereocenters. The second-order valence-electron chi connectivity index (χ2n) is 2.17.